The number of hydrogen-bond acceptors (Lipinski definition) is 7. The first-order valence-electron chi connectivity index (χ1n) is 11.2. The lowest BCUT2D eigenvalue weighted by Crippen LogP contribution is -2.25. The zero-order valence-electron chi connectivity index (χ0n) is 19.6. The zero-order valence-corrected chi connectivity index (χ0v) is 20.4. The van der Waals surface area contributed by atoms with Crippen molar-refractivity contribution in [2.24, 2.45) is 0 Å². The van der Waals surface area contributed by atoms with E-state index in [0.29, 0.717) is 35.5 Å². The number of rotatable bonds is 7. The maximum Gasteiger partial charge on any atom is 0.226 e. The van der Waals surface area contributed by atoms with Gasteiger partial charge in [0.05, 0.1) is 29.6 Å². The van der Waals surface area contributed by atoms with Crippen molar-refractivity contribution in [3.05, 3.63) is 53.2 Å². The minimum Gasteiger partial charge on any atom is -0.497 e. The molecule has 0 fully saturated rings. The molecule has 1 aliphatic heterocycles. The van der Waals surface area contributed by atoms with E-state index in [1.165, 1.54) is 11.3 Å². The third-order valence-electron chi connectivity index (χ3n) is 5.85. The molecule has 2 aromatic carbocycles. The molecule has 2 aromatic heterocycles. The van der Waals surface area contributed by atoms with Crippen LogP contribution in [0.4, 0.5) is 5.82 Å². The van der Waals surface area contributed by atoms with Crippen LogP contribution in [0.1, 0.15) is 36.1 Å². The molecule has 1 aliphatic rings. The lowest BCUT2D eigenvalue weighted by atomic mass is 9.85. The number of ether oxygens (including phenoxy) is 3. The average Bonchev–Trinajstić information content (AvgIpc) is 3.43. The number of methoxy groups -OCH3 is 1. The van der Waals surface area contributed by atoms with Gasteiger partial charge >= 0.3 is 0 Å². The Morgan fingerprint density at radius 1 is 1.23 bits per heavy atom. The fraction of sp³-hybridized carbons (Fsp3) is 0.269. The van der Waals surface area contributed by atoms with Crippen molar-refractivity contribution in [1.82, 2.24) is 14.8 Å². The highest BCUT2D eigenvalue weighted by atomic mass is 32.1. The van der Waals surface area contributed by atoms with Gasteiger partial charge in [-0.3, -0.25) is 4.79 Å². The fourth-order valence-electron chi connectivity index (χ4n) is 4.33. The maximum atomic E-state index is 12.8. The van der Waals surface area contributed by atoms with Crippen LogP contribution in [-0.2, 0) is 4.79 Å². The molecule has 0 spiro atoms. The molecule has 0 unspecified atom stereocenters. The summed E-state index contributed by atoms with van der Waals surface area (Å²) in [5.74, 6) is 4.77. The minimum atomic E-state index is -0.192. The van der Waals surface area contributed by atoms with Gasteiger partial charge in [-0.1, -0.05) is 23.3 Å². The Bertz CT molecular complexity index is 1470. The summed E-state index contributed by atoms with van der Waals surface area (Å²) in [5, 5.41) is 8.46. The van der Waals surface area contributed by atoms with Crippen LogP contribution in [0, 0.1) is 19.3 Å². The number of carbonyl (C=O) groups excluding carboxylic acids is 1. The van der Waals surface area contributed by atoms with Gasteiger partial charge < -0.3 is 19.5 Å². The van der Waals surface area contributed by atoms with Crippen LogP contribution in [0.5, 0.6) is 17.2 Å². The van der Waals surface area contributed by atoms with E-state index in [2.05, 4.69) is 11.2 Å². The van der Waals surface area contributed by atoms with E-state index < -0.39 is 0 Å². The van der Waals surface area contributed by atoms with Crippen LogP contribution in [-0.4, -0.2) is 41.0 Å². The molecule has 3 heterocycles. The Hall–Kier alpha value is -4.03. The van der Waals surface area contributed by atoms with Crippen LogP contribution in [0.15, 0.2) is 36.4 Å². The lowest BCUT2D eigenvalue weighted by molar-refractivity contribution is -0.116. The summed E-state index contributed by atoms with van der Waals surface area (Å²) in [7, 11) is 1.64. The lowest BCUT2D eigenvalue weighted by Gasteiger charge is -2.25. The van der Waals surface area contributed by atoms with Gasteiger partial charge in [0.2, 0.25) is 11.0 Å². The molecule has 0 radical (unpaired) electrons. The first-order chi connectivity index (χ1) is 17.0. The summed E-state index contributed by atoms with van der Waals surface area (Å²) in [4.78, 5) is 17.6. The van der Waals surface area contributed by atoms with Gasteiger partial charge in [0, 0.05) is 17.9 Å². The third-order valence-corrected chi connectivity index (χ3v) is 6.84. The van der Waals surface area contributed by atoms with Crippen molar-refractivity contribution >= 4 is 33.3 Å². The van der Waals surface area contributed by atoms with Crippen LogP contribution in [0.25, 0.3) is 15.3 Å². The van der Waals surface area contributed by atoms with Crippen molar-refractivity contribution in [1.29, 1.82) is 0 Å². The number of nitrogens with one attached hydrogen (secondary N) is 1. The number of nitrogens with zero attached hydrogens (tertiary/aromatic N) is 3. The van der Waals surface area contributed by atoms with Crippen molar-refractivity contribution in [2.45, 2.75) is 26.2 Å². The number of aryl methyl sites for hydroxylation is 1. The molecule has 1 N–H and O–H groups in total. The molecule has 1 amide bonds. The monoisotopic (exact) mass is 488 g/mol. The first kappa shape index (κ1) is 22.7. The standard InChI is InChI=1S/C26H24N4O4S/c1-5-11-34-20-10-7-16(12-21(20)33-6-2)18-14-23(31)28-25-24(18)15(3)29-30(25)26-27-19-9-8-17(32-4)13-22(19)35-26/h1,7-10,12-13,18H,6,11,14H2,2-4H3,(H,28,31)/t18-/m1/s1. The van der Waals surface area contributed by atoms with Gasteiger partial charge in [-0.2, -0.15) is 9.78 Å². The van der Waals surface area contributed by atoms with Gasteiger partial charge in [0.15, 0.2) is 11.5 Å². The number of terminal acetylenes is 1. The summed E-state index contributed by atoms with van der Waals surface area (Å²) in [6.07, 6.45) is 5.64. The van der Waals surface area contributed by atoms with Gasteiger partial charge in [-0.25, -0.2) is 4.98 Å². The molecule has 0 saturated heterocycles. The smallest absolute Gasteiger partial charge is 0.226 e. The van der Waals surface area contributed by atoms with Crippen LogP contribution in [0.2, 0.25) is 0 Å². The molecule has 0 aliphatic carbocycles. The Kier molecular flexibility index (Phi) is 6.05. The van der Waals surface area contributed by atoms with Gasteiger partial charge in [0.25, 0.3) is 0 Å². The Labute approximate surface area is 206 Å². The van der Waals surface area contributed by atoms with E-state index in [9.17, 15) is 4.79 Å². The number of aromatic nitrogens is 3. The van der Waals surface area contributed by atoms with Crippen LogP contribution in [0.3, 0.4) is 0 Å². The second-order valence-electron chi connectivity index (χ2n) is 8.03. The summed E-state index contributed by atoms with van der Waals surface area (Å²) in [6, 6.07) is 11.4. The van der Waals surface area contributed by atoms with E-state index in [1.807, 2.05) is 50.2 Å². The van der Waals surface area contributed by atoms with Gasteiger partial charge in [-0.15, -0.1) is 6.42 Å². The quantitative estimate of drug-likeness (QED) is 0.380. The van der Waals surface area contributed by atoms with Crippen molar-refractivity contribution in [2.75, 3.05) is 25.6 Å². The van der Waals surface area contributed by atoms with Gasteiger partial charge in [0.1, 0.15) is 18.2 Å². The maximum absolute atomic E-state index is 12.8. The number of carbonyl (C=O) groups is 1. The normalized spacial score (nSPS) is 14.8. The third kappa shape index (κ3) is 4.17. The number of benzene rings is 2. The predicted octanol–water partition coefficient (Wildman–Crippen LogP) is 4.68. The molecule has 4 aromatic rings. The molecular formula is C26H24N4O4S. The highest BCUT2D eigenvalue weighted by Crippen LogP contribution is 2.43. The molecule has 0 bridgehead atoms. The van der Waals surface area contributed by atoms with Crippen LogP contribution < -0.4 is 19.5 Å². The van der Waals surface area contributed by atoms with E-state index >= 15 is 0 Å². The summed E-state index contributed by atoms with van der Waals surface area (Å²) in [5.41, 5.74) is 3.57. The summed E-state index contributed by atoms with van der Waals surface area (Å²) < 4.78 is 19.5. The Morgan fingerprint density at radius 2 is 2.09 bits per heavy atom. The molecule has 1 atom stereocenters. The van der Waals surface area contributed by atoms with E-state index in [0.717, 1.165) is 32.8 Å². The molecule has 0 saturated carbocycles. The average molecular weight is 489 g/mol. The molecular weight excluding hydrogens is 464 g/mol. The highest BCUT2D eigenvalue weighted by molar-refractivity contribution is 7.20. The topological polar surface area (TPSA) is 87.5 Å². The minimum absolute atomic E-state index is 0.0861. The van der Waals surface area contributed by atoms with E-state index in [1.54, 1.807) is 11.8 Å². The Balaban J connectivity index is 1.58. The van der Waals surface area contributed by atoms with E-state index in [4.69, 9.17) is 30.7 Å². The summed E-state index contributed by atoms with van der Waals surface area (Å²) in [6.45, 7) is 4.48. The second kappa shape index (κ2) is 9.31. The number of thiazole rings is 1. The molecule has 8 nitrogen and oxygen atoms in total. The summed E-state index contributed by atoms with van der Waals surface area (Å²) >= 11 is 1.49. The molecule has 178 valence electrons. The Morgan fingerprint density at radius 3 is 2.86 bits per heavy atom. The van der Waals surface area contributed by atoms with Crippen LogP contribution >= 0.6 is 11.3 Å². The van der Waals surface area contributed by atoms with Gasteiger partial charge in [-0.05, 0) is 49.7 Å². The number of anilines is 1. The largest absolute Gasteiger partial charge is 0.497 e. The predicted molar refractivity (Wildman–Crippen MR) is 135 cm³/mol. The van der Waals surface area contributed by atoms with Crippen molar-refractivity contribution in [3.63, 3.8) is 0 Å². The van der Waals surface area contributed by atoms with E-state index in [-0.39, 0.29) is 18.4 Å². The fourth-order valence-corrected chi connectivity index (χ4v) is 5.28. The van der Waals surface area contributed by atoms with Crippen molar-refractivity contribution in [3.8, 4) is 34.7 Å². The number of hydrogen-bond donors (Lipinski definition) is 1. The highest BCUT2D eigenvalue weighted by Gasteiger charge is 2.33. The SMILES string of the molecule is C#CCOc1ccc([C@H]2CC(=O)Nc3c2c(C)nn3-c2nc3ccc(OC)cc3s2)cc1OCC. The number of fused-ring (bicyclic) bond motifs is 2. The molecule has 9 heteroatoms. The molecule has 35 heavy (non-hydrogen) atoms. The second-order valence-corrected chi connectivity index (χ2v) is 9.04. The number of amides is 1. The first-order valence-corrected chi connectivity index (χ1v) is 12.0. The zero-order chi connectivity index (χ0) is 24.5. The van der Waals surface area contributed by atoms with Crippen molar-refractivity contribution < 1.29 is 19.0 Å². The molecule has 5 rings (SSSR count).